The molecule has 138 valence electrons. The van der Waals surface area contributed by atoms with E-state index in [0.717, 1.165) is 17.8 Å². The van der Waals surface area contributed by atoms with Crippen LogP contribution in [0.3, 0.4) is 0 Å². The summed E-state index contributed by atoms with van der Waals surface area (Å²) in [6, 6.07) is 11.7. The molecule has 3 rings (SSSR count). The Labute approximate surface area is 153 Å². The van der Waals surface area contributed by atoms with Gasteiger partial charge in [0.25, 0.3) is 0 Å². The molecule has 8 heteroatoms. The highest BCUT2D eigenvalue weighted by Gasteiger charge is 2.31. The Morgan fingerprint density at radius 2 is 1.89 bits per heavy atom. The molecule has 2 heterocycles. The third-order valence-electron chi connectivity index (χ3n) is 3.82. The van der Waals surface area contributed by atoms with E-state index in [1.54, 1.807) is 6.20 Å². The molecule has 2 aromatic heterocycles. The summed E-state index contributed by atoms with van der Waals surface area (Å²) in [6.45, 7) is 3.87. The first-order valence-electron chi connectivity index (χ1n) is 8.00. The van der Waals surface area contributed by atoms with Crippen LogP contribution in [0.25, 0.3) is 17.5 Å². The summed E-state index contributed by atoms with van der Waals surface area (Å²) in [4.78, 5) is 7.89. The maximum Gasteiger partial charge on any atom is 0.433 e. The number of halogens is 3. The summed E-state index contributed by atoms with van der Waals surface area (Å²) in [5.74, 6) is 0.288. The van der Waals surface area contributed by atoms with E-state index in [9.17, 15) is 13.2 Å². The van der Waals surface area contributed by atoms with Gasteiger partial charge in [0, 0.05) is 30.7 Å². The molecule has 0 bridgehead atoms. The van der Waals surface area contributed by atoms with Crippen LogP contribution >= 0.6 is 0 Å². The summed E-state index contributed by atoms with van der Waals surface area (Å²) in [7, 11) is 0. The van der Waals surface area contributed by atoms with Gasteiger partial charge in [0.15, 0.2) is 11.3 Å². The molecule has 0 aliphatic carbocycles. The third kappa shape index (κ3) is 4.22. The van der Waals surface area contributed by atoms with Gasteiger partial charge in [-0.15, -0.1) is 0 Å². The van der Waals surface area contributed by atoms with Crippen molar-refractivity contribution in [2.75, 3.05) is 5.32 Å². The minimum absolute atomic E-state index is 0.0875. The van der Waals surface area contributed by atoms with Crippen molar-refractivity contribution in [2.45, 2.75) is 12.7 Å². The van der Waals surface area contributed by atoms with Crippen LogP contribution in [0, 0.1) is 5.41 Å². The summed E-state index contributed by atoms with van der Waals surface area (Å²) in [5.41, 5.74) is 1.19. The lowest BCUT2D eigenvalue weighted by Gasteiger charge is -2.12. The topological polar surface area (TPSA) is 66.6 Å². The molecule has 2 N–H and O–H groups in total. The molecule has 0 atom stereocenters. The van der Waals surface area contributed by atoms with Crippen LogP contribution in [-0.2, 0) is 12.7 Å². The zero-order chi connectivity index (χ0) is 19.4. The van der Waals surface area contributed by atoms with Gasteiger partial charge in [-0.05, 0) is 11.6 Å². The van der Waals surface area contributed by atoms with E-state index in [1.165, 1.54) is 16.8 Å². The van der Waals surface area contributed by atoms with Crippen LogP contribution in [0.15, 0.2) is 61.4 Å². The van der Waals surface area contributed by atoms with Gasteiger partial charge in [0.2, 0.25) is 0 Å². The van der Waals surface area contributed by atoms with Crippen molar-refractivity contribution in [2.24, 2.45) is 0 Å². The average molecular weight is 371 g/mol. The van der Waals surface area contributed by atoms with Gasteiger partial charge >= 0.3 is 6.18 Å². The standard InChI is InChI=1S/C19H16F3N5/c1-2-27-12-15(14-6-4-3-5-7-14)26-18(17(27)23)25-11-13-8-9-16(24-10-13)19(20,21)22/h2-10,12,23H,1,11H2,(H,25,26). The fraction of sp³-hybridized carbons (Fsp3) is 0.105. The van der Waals surface area contributed by atoms with Crippen molar-refractivity contribution < 1.29 is 13.2 Å². The largest absolute Gasteiger partial charge is 0.433 e. The first-order chi connectivity index (χ1) is 12.9. The molecule has 0 unspecified atom stereocenters. The van der Waals surface area contributed by atoms with Crippen LogP contribution < -0.4 is 10.8 Å². The second-order valence-electron chi connectivity index (χ2n) is 5.68. The van der Waals surface area contributed by atoms with Crippen LogP contribution in [0.2, 0.25) is 0 Å². The normalized spacial score (nSPS) is 11.2. The molecule has 0 aliphatic heterocycles. The van der Waals surface area contributed by atoms with Crippen molar-refractivity contribution in [1.29, 1.82) is 5.41 Å². The lowest BCUT2D eigenvalue weighted by atomic mass is 10.2. The van der Waals surface area contributed by atoms with E-state index in [1.807, 2.05) is 30.3 Å². The first kappa shape index (κ1) is 18.4. The number of pyridine rings is 1. The summed E-state index contributed by atoms with van der Waals surface area (Å²) < 4.78 is 39.3. The van der Waals surface area contributed by atoms with Crippen LogP contribution in [0.4, 0.5) is 19.0 Å². The monoisotopic (exact) mass is 371 g/mol. The number of benzene rings is 1. The van der Waals surface area contributed by atoms with E-state index in [4.69, 9.17) is 5.41 Å². The highest BCUT2D eigenvalue weighted by Crippen LogP contribution is 2.27. The van der Waals surface area contributed by atoms with Gasteiger partial charge in [-0.25, -0.2) is 4.98 Å². The second kappa shape index (κ2) is 7.45. The Hall–Kier alpha value is -3.42. The van der Waals surface area contributed by atoms with E-state index >= 15 is 0 Å². The lowest BCUT2D eigenvalue weighted by Crippen LogP contribution is -2.22. The number of nitrogens with one attached hydrogen (secondary N) is 2. The van der Waals surface area contributed by atoms with E-state index in [2.05, 4.69) is 21.9 Å². The number of rotatable bonds is 5. The Morgan fingerprint density at radius 3 is 2.48 bits per heavy atom. The Morgan fingerprint density at radius 1 is 1.15 bits per heavy atom. The first-order valence-corrected chi connectivity index (χ1v) is 8.00. The predicted molar refractivity (Wildman–Crippen MR) is 96.5 cm³/mol. The second-order valence-corrected chi connectivity index (χ2v) is 5.68. The zero-order valence-corrected chi connectivity index (χ0v) is 14.2. The summed E-state index contributed by atoms with van der Waals surface area (Å²) >= 11 is 0. The van der Waals surface area contributed by atoms with Gasteiger partial charge in [-0.1, -0.05) is 43.0 Å². The van der Waals surface area contributed by atoms with Crippen LogP contribution in [0.1, 0.15) is 11.3 Å². The molecule has 0 aliphatic rings. The van der Waals surface area contributed by atoms with E-state index < -0.39 is 11.9 Å². The Kier molecular flexibility index (Phi) is 5.07. The van der Waals surface area contributed by atoms with E-state index in [0.29, 0.717) is 11.3 Å². The minimum atomic E-state index is -4.47. The van der Waals surface area contributed by atoms with Crippen molar-refractivity contribution in [3.8, 4) is 11.3 Å². The quantitative estimate of drug-likeness (QED) is 0.708. The number of anilines is 1. The molecule has 27 heavy (non-hydrogen) atoms. The predicted octanol–water partition coefficient (Wildman–Crippen LogP) is 4.16. The molecule has 0 saturated heterocycles. The molecular weight excluding hydrogens is 355 g/mol. The molecule has 3 aromatic rings. The van der Waals surface area contributed by atoms with Crippen molar-refractivity contribution >= 4 is 12.0 Å². The SMILES string of the molecule is C=Cn1cc(-c2ccccc2)nc(NCc2ccc(C(F)(F)F)nc2)c1=N. The van der Waals surface area contributed by atoms with Gasteiger partial charge < -0.3 is 9.88 Å². The maximum absolute atomic E-state index is 12.6. The Bertz CT molecular complexity index is 993. The minimum Gasteiger partial charge on any atom is -0.363 e. The molecule has 0 spiro atoms. The summed E-state index contributed by atoms with van der Waals surface area (Å²) in [6.07, 6.45) is -0.139. The van der Waals surface area contributed by atoms with Crippen molar-refractivity contribution in [3.63, 3.8) is 0 Å². The molecule has 0 amide bonds. The van der Waals surface area contributed by atoms with Gasteiger partial charge in [0.1, 0.15) is 5.69 Å². The number of hydrogen-bond acceptors (Lipinski definition) is 4. The molecule has 0 radical (unpaired) electrons. The van der Waals surface area contributed by atoms with Crippen molar-refractivity contribution in [1.82, 2.24) is 14.5 Å². The van der Waals surface area contributed by atoms with Crippen molar-refractivity contribution in [3.05, 3.63) is 78.2 Å². The maximum atomic E-state index is 12.6. The molecular formula is C19H16F3N5. The highest BCUT2D eigenvalue weighted by molar-refractivity contribution is 5.60. The highest BCUT2D eigenvalue weighted by atomic mass is 19.4. The number of alkyl halides is 3. The fourth-order valence-corrected chi connectivity index (χ4v) is 2.42. The van der Waals surface area contributed by atoms with Gasteiger partial charge in [-0.3, -0.25) is 10.4 Å². The number of aromatic nitrogens is 3. The summed E-state index contributed by atoms with van der Waals surface area (Å²) in [5, 5.41) is 11.2. The average Bonchev–Trinajstić information content (AvgIpc) is 2.67. The van der Waals surface area contributed by atoms with Crippen LogP contribution in [0.5, 0.6) is 0 Å². The molecule has 5 nitrogen and oxygen atoms in total. The number of nitrogens with zero attached hydrogens (tertiary/aromatic N) is 3. The smallest absolute Gasteiger partial charge is 0.363 e. The molecule has 0 saturated carbocycles. The number of hydrogen-bond donors (Lipinski definition) is 2. The van der Waals surface area contributed by atoms with Gasteiger partial charge in [-0.2, -0.15) is 13.2 Å². The third-order valence-corrected chi connectivity index (χ3v) is 3.82. The molecule has 1 aromatic carbocycles. The molecule has 0 fully saturated rings. The van der Waals surface area contributed by atoms with E-state index in [-0.39, 0.29) is 17.9 Å². The van der Waals surface area contributed by atoms with Gasteiger partial charge in [0.05, 0.1) is 5.69 Å². The zero-order valence-electron chi connectivity index (χ0n) is 14.2. The lowest BCUT2D eigenvalue weighted by molar-refractivity contribution is -0.141. The van der Waals surface area contributed by atoms with Crippen LogP contribution in [-0.4, -0.2) is 14.5 Å². The Balaban J connectivity index is 1.86. The fourth-order valence-electron chi connectivity index (χ4n) is 2.42.